The fourth-order valence-corrected chi connectivity index (χ4v) is 4.57. The van der Waals surface area contributed by atoms with E-state index >= 15 is 0 Å². The third kappa shape index (κ3) is 7.73. The molecule has 3 rings (SSSR count). The normalized spacial score (nSPS) is 18.4. The Bertz CT molecular complexity index is 683. The number of benzene rings is 1. The average molecular weight is 431 g/mol. The number of hydrogen-bond donors (Lipinski definition) is 3. The second kappa shape index (κ2) is 12.5. The summed E-state index contributed by atoms with van der Waals surface area (Å²) in [7, 11) is 1.67. The first-order valence-corrected chi connectivity index (χ1v) is 11.8. The number of hydrogen-bond acceptors (Lipinski definition) is 4. The molecule has 1 saturated heterocycles. The van der Waals surface area contributed by atoms with E-state index in [0.29, 0.717) is 32.0 Å². The van der Waals surface area contributed by atoms with Crippen molar-refractivity contribution in [3.8, 4) is 5.75 Å². The Morgan fingerprint density at radius 2 is 1.74 bits per heavy atom. The molecule has 7 heteroatoms. The lowest BCUT2D eigenvalue weighted by atomic mass is 9.96. The van der Waals surface area contributed by atoms with Gasteiger partial charge in [0.15, 0.2) is 0 Å². The van der Waals surface area contributed by atoms with E-state index in [9.17, 15) is 9.59 Å². The van der Waals surface area contributed by atoms with Crippen LogP contribution in [-0.4, -0.2) is 56.2 Å². The van der Waals surface area contributed by atoms with Gasteiger partial charge in [0.05, 0.1) is 13.2 Å². The second-order valence-electron chi connectivity index (χ2n) is 8.67. The minimum absolute atomic E-state index is 0.0344. The van der Waals surface area contributed by atoms with Crippen molar-refractivity contribution in [3.05, 3.63) is 29.8 Å². The molecule has 2 fully saturated rings. The van der Waals surface area contributed by atoms with Gasteiger partial charge in [0.2, 0.25) is 5.91 Å². The summed E-state index contributed by atoms with van der Waals surface area (Å²) in [5.41, 5.74) is 1.20. The molecule has 0 spiro atoms. The fourth-order valence-electron chi connectivity index (χ4n) is 4.57. The highest BCUT2D eigenvalue weighted by Gasteiger charge is 2.24. The number of urea groups is 1. The number of ether oxygens (including phenoxy) is 1. The molecule has 31 heavy (non-hydrogen) atoms. The van der Waals surface area contributed by atoms with Crippen LogP contribution in [0, 0.1) is 0 Å². The molecule has 1 aromatic rings. The van der Waals surface area contributed by atoms with E-state index in [1.165, 1.54) is 37.7 Å². The lowest BCUT2D eigenvalue weighted by Crippen LogP contribution is -2.43. The number of nitrogens with zero attached hydrogens (tertiary/aromatic N) is 1. The third-order valence-corrected chi connectivity index (χ3v) is 6.38. The summed E-state index contributed by atoms with van der Waals surface area (Å²) >= 11 is 0. The van der Waals surface area contributed by atoms with Crippen molar-refractivity contribution >= 4 is 11.9 Å². The smallest absolute Gasteiger partial charge is 0.315 e. The Balaban J connectivity index is 1.37. The Labute approximate surface area is 186 Å². The molecule has 3 N–H and O–H groups in total. The zero-order valence-corrected chi connectivity index (χ0v) is 18.8. The summed E-state index contributed by atoms with van der Waals surface area (Å²) in [4.78, 5) is 26.8. The van der Waals surface area contributed by atoms with Crippen molar-refractivity contribution in [3.63, 3.8) is 0 Å². The molecule has 1 saturated carbocycles. The first-order chi connectivity index (χ1) is 15.2. The Morgan fingerprint density at radius 3 is 2.42 bits per heavy atom. The van der Waals surface area contributed by atoms with Crippen LogP contribution >= 0.6 is 0 Å². The highest BCUT2D eigenvalue weighted by molar-refractivity contribution is 5.76. The van der Waals surface area contributed by atoms with Gasteiger partial charge in [-0.3, -0.25) is 9.69 Å². The van der Waals surface area contributed by atoms with Gasteiger partial charge in [-0.25, -0.2) is 4.79 Å². The number of methoxy groups -OCH3 is 1. The van der Waals surface area contributed by atoms with Gasteiger partial charge in [-0.2, -0.15) is 0 Å². The van der Waals surface area contributed by atoms with E-state index in [1.54, 1.807) is 7.11 Å². The van der Waals surface area contributed by atoms with Gasteiger partial charge in [-0.15, -0.1) is 0 Å². The summed E-state index contributed by atoms with van der Waals surface area (Å²) < 4.78 is 5.27. The van der Waals surface area contributed by atoms with E-state index < -0.39 is 0 Å². The van der Waals surface area contributed by atoms with Gasteiger partial charge in [0, 0.05) is 25.6 Å². The summed E-state index contributed by atoms with van der Waals surface area (Å²) in [5, 5.41) is 9.02. The van der Waals surface area contributed by atoms with Crippen molar-refractivity contribution < 1.29 is 14.3 Å². The molecule has 1 atom stereocenters. The molecular formula is C24H38N4O3. The summed E-state index contributed by atoms with van der Waals surface area (Å²) in [6, 6.07) is 8.50. The second-order valence-corrected chi connectivity index (χ2v) is 8.67. The van der Waals surface area contributed by atoms with E-state index in [1.807, 2.05) is 12.1 Å². The van der Waals surface area contributed by atoms with Crippen LogP contribution in [0.4, 0.5) is 4.79 Å². The quantitative estimate of drug-likeness (QED) is 0.497. The lowest BCUT2D eigenvalue weighted by Gasteiger charge is -2.28. The molecule has 2 aliphatic rings. The van der Waals surface area contributed by atoms with Crippen LogP contribution in [-0.2, 0) is 4.79 Å². The molecule has 3 amide bonds. The van der Waals surface area contributed by atoms with E-state index in [0.717, 1.165) is 31.7 Å². The maximum absolute atomic E-state index is 12.4. The predicted molar refractivity (Wildman–Crippen MR) is 122 cm³/mol. The summed E-state index contributed by atoms with van der Waals surface area (Å²) in [6.07, 6.45) is 9.26. The molecule has 1 unspecified atom stereocenters. The number of nitrogens with one attached hydrogen (secondary N) is 3. The number of rotatable bonds is 10. The van der Waals surface area contributed by atoms with Crippen molar-refractivity contribution in [1.29, 1.82) is 0 Å². The average Bonchev–Trinajstić information content (AvgIpc) is 3.32. The topological polar surface area (TPSA) is 82.7 Å². The summed E-state index contributed by atoms with van der Waals surface area (Å²) in [6.45, 7) is 3.24. The molecule has 1 aliphatic heterocycles. The molecule has 7 nitrogen and oxygen atoms in total. The van der Waals surface area contributed by atoms with Crippen LogP contribution in [0.25, 0.3) is 0 Å². The molecular weight excluding hydrogens is 392 g/mol. The fraction of sp³-hybridized carbons (Fsp3) is 0.667. The molecule has 1 aliphatic carbocycles. The van der Waals surface area contributed by atoms with E-state index in [4.69, 9.17) is 4.74 Å². The number of amides is 3. The molecule has 1 aromatic carbocycles. The van der Waals surface area contributed by atoms with Crippen LogP contribution in [0.5, 0.6) is 5.75 Å². The van der Waals surface area contributed by atoms with Crippen molar-refractivity contribution in [2.75, 3.05) is 33.3 Å². The van der Waals surface area contributed by atoms with E-state index in [-0.39, 0.29) is 18.0 Å². The minimum Gasteiger partial charge on any atom is -0.497 e. The van der Waals surface area contributed by atoms with Crippen LogP contribution in [0.1, 0.15) is 69.4 Å². The van der Waals surface area contributed by atoms with Gasteiger partial charge in [-0.05, 0) is 62.9 Å². The molecule has 0 radical (unpaired) electrons. The Kier molecular flexibility index (Phi) is 9.46. The van der Waals surface area contributed by atoms with Crippen LogP contribution < -0.4 is 20.7 Å². The Morgan fingerprint density at radius 1 is 1.03 bits per heavy atom. The lowest BCUT2D eigenvalue weighted by molar-refractivity contribution is -0.121. The zero-order valence-electron chi connectivity index (χ0n) is 18.8. The van der Waals surface area contributed by atoms with Gasteiger partial charge in [0.1, 0.15) is 5.75 Å². The molecule has 1 heterocycles. The van der Waals surface area contributed by atoms with Crippen molar-refractivity contribution in [2.45, 2.75) is 69.9 Å². The minimum atomic E-state index is -0.110. The van der Waals surface area contributed by atoms with Gasteiger partial charge in [0.25, 0.3) is 0 Å². The monoisotopic (exact) mass is 430 g/mol. The Hall–Kier alpha value is -2.28. The first-order valence-electron chi connectivity index (χ1n) is 11.8. The van der Waals surface area contributed by atoms with Crippen molar-refractivity contribution in [2.24, 2.45) is 0 Å². The molecule has 0 aromatic heterocycles. The van der Waals surface area contributed by atoms with Gasteiger partial charge >= 0.3 is 6.03 Å². The van der Waals surface area contributed by atoms with E-state index in [2.05, 4.69) is 33.0 Å². The largest absolute Gasteiger partial charge is 0.497 e. The number of carbonyl (C=O) groups is 2. The zero-order chi connectivity index (χ0) is 21.9. The van der Waals surface area contributed by atoms with Gasteiger partial charge < -0.3 is 20.7 Å². The maximum atomic E-state index is 12.4. The number of carbonyl (C=O) groups excluding carboxylic acids is 2. The SMILES string of the molecule is COc1ccc(C(CNC(=O)CCCNC(=O)NC2CCCCC2)N2CCCC2)cc1. The molecule has 0 bridgehead atoms. The standard InChI is InChI=1S/C24H38N4O3/c1-31-21-13-11-19(12-14-21)22(28-16-5-6-17-28)18-26-23(29)10-7-15-25-24(30)27-20-8-3-2-4-9-20/h11-14,20,22H,2-10,15-18H2,1H3,(H,26,29)(H2,25,27,30). The van der Waals surface area contributed by atoms with Crippen LogP contribution in [0.3, 0.4) is 0 Å². The third-order valence-electron chi connectivity index (χ3n) is 6.38. The van der Waals surface area contributed by atoms with Gasteiger partial charge in [-0.1, -0.05) is 31.4 Å². The predicted octanol–water partition coefficient (Wildman–Crippen LogP) is 3.36. The highest BCUT2D eigenvalue weighted by atomic mass is 16.5. The van der Waals surface area contributed by atoms with Crippen LogP contribution in [0.15, 0.2) is 24.3 Å². The highest BCUT2D eigenvalue weighted by Crippen LogP contribution is 2.26. The van der Waals surface area contributed by atoms with Crippen molar-refractivity contribution in [1.82, 2.24) is 20.9 Å². The maximum Gasteiger partial charge on any atom is 0.315 e. The first kappa shape index (κ1) is 23.4. The number of likely N-dealkylation sites (tertiary alicyclic amines) is 1. The summed E-state index contributed by atoms with van der Waals surface area (Å²) in [5.74, 6) is 0.875. The molecule has 172 valence electrons. The van der Waals surface area contributed by atoms with Crippen LogP contribution in [0.2, 0.25) is 0 Å².